The highest BCUT2D eigenvalue weighted by Crippen LogP contribution is 2.39. The molecule has 1 aromatic rings. The van der Waals surface area contributed by atoms with Gasteiger partial charge in [-0.2, -0.15) is 0 Å². The summed E-state index contributed by atoms with van der Waals surface area (Å²) in [4.78, 5) is 24.3. The van der Waals surface area contributed by atoms with Crippen LogP contribution >= 0.6 is 24.2 Å². The van der Waals surface area contributed by atoms with Crippen molar-refractivity contribution >= 4 is 35.9 Å². The third-order valence-electron chi connectivity index (χ3n) is 5.39. The third kappa shape index (κ3) is 4.99. The molecule has 1 aromatic carbocycles. The van der Waals surface area contributed by atoms with Gasteiger partial charge in [0.15, 0.2) is 5.78 Å². The minimum atomic E-state index is -0.534. The van der Waals surface area contributed by atoms with Crippen molar-refractivity contribution in [3.63, 3.8) is 0 Å². The molecule has 26 heavy (non-hydrogen) atoms. The first-order valence-electron chi connectivity index (χ1n) is 8.92. The van der Waals surface area contributed by atoms with Gasteiger partial charge in [0, 0.05) is 17.0 Å². The fourth-order valence-electron chi connectivity index (χ4n) is 4.27. The number of ketones is 1. The van der Waals surface area contributed by atoms with Gasteiger partial charge in [-0.3, -0.25) is 9.59 Å². The Morgan fingerprint density at radius 2 is 1.92 bits per heavy atom. The molecule has 0 saturated heterocycles. The predicted molar refractivity (Wildman–Crippen MR) is 104 cm³/mol. The molecule has 2 bridgehead atoms. The molecule has 2 aliphatic carbocycles. The van der Waals surface area contributed by atoms with Crippen LogP contribution < -0.4 is 11.1 Å². The zero-order chi connectivity index (χ0) is 18.0. The Morgan fingerprint density at radius 1 is 1.27 bits per heavy atom. The van der Waals surface area contributed by atoms with Crippen LogP contribution in [0.15, 0.2) is 23.1 Å². The molecular weight excluding hydrogens is 375 g/mol. The second-order valence-electron chi connectivity index (χ2n) is 7.26. The monoisotopic (exact) mass is 400 g/mol. The van der Waals surface area contributed by atoms with E-state index in [4.69, 9.17) is 5.73 Å². The normalized spacial score (nSPS) is 27.3. The number of Topliss-reactive ketones (excluding diaryl/α,β-unsaturated/α-hetero) is 1. The summed E-state index contributed by atoms with van der Waals surface area (Å²) in [5, 5.41) is 3.19. The molecule has 144 valence electrons. The third-order valence-corrected chi connectivity index (χ3v) is 6.39. The van der Waals surface area contributed by atoms with Gasteiger partial charge in [-0.25, -0.2) is 4.39 Å². The van der Waals surface area contributed by atoms with E-state index in [1.807, 2.05) is 0 Å². The number of thioether (sulfide) groups is 1. The SMILES string of the molecule is CC(=O)c1ccc(SCC(=O)NC2C3CCCC2CC(N)C3)cc1F.Cl. The lowest BCUT2D eigenvalue weighted by atomic mass is 9.67. The summed E-state index contributed by atoms with van der Waals surface area (Å²) >= 11 is 1.29. The maximum Gasteiger partial charge on any atom is 0.230 e. The van der Waals surface area contributed by atoms with Crippen molar-refractivity contribution in [3.05, 3.63) is 29.6 Å². The summed E-state index contributed by atoms with van der Waals surface area (Å²) in [5.74, 6) is 0.384. The molecule has 2 unspecified atom stereocenters. The molecule has 0 heterocycles. The predicted octanol–water partition coefficient (Wildman–Crippen LogP) is 3.56. The van der Waals surface area contributed by atoms with E-state index >= 15 is 0 Å². The van der Waals surface area contributed by atoms with Gasteiger partial charge in [-0.15, -0.1) is 24.2 Å². The topological polar surface area (TPSA) is 72.2 Å². The number of hydrogen-bond donors (Lipinski definition) is 2. The molecule has 1 amide bonds. The molecule has 0 aromatic heterocycles. The number of hydrogen-bond acceptors (Lipinski definition) is 4. The number of nitrogens with two attached hydrogens (primary N) is 1. The number of carbonyl (C=O) groups excluding carboxylic acids is 2. The van der Waals surface area contributed by atoms with E-state index in [0.717, 1.165) is 25.7 Å². The zero-order valence-electron chi connectivity index (χ0n) is 14.9. The first-order valence-corrected chi connectivity index (χ1v) is 9.91. The van der Waals surface area contributed by atoms with Crippen LogP contribution in [-0.4, -0.2) is 29.5 Å². The quantitative estimate of drug-likeness (QED) is 0.585. The fraction of sp³-hybridized carbons (Fsp3) is 0.579. The molecule has 2 saturated carbocycles. The van der Waals surface area contributed by atoms with Crippen LogP contribution in [0.2, 0.25) is 0 Å². The molecule has 7 heteroatoms. The summed E-state index contributed by atoms with van der Waals surface area (Å²) in [6.45, 7) is 1.34. The van der Waals surface area contributed by atoms with Gasteiger partial charge in [0.2, 0.25) is 5.91 Å². The van der Waals surface area contributed by atoms with Crippen molar-refractivity contribution in [1.82, 2.24) is 5.32 Å². The van der Waals surface area contributed by atoms with Crippen LogP contribution in [0.5, 0.6) is 0 Å². The van der Waals surface area contributed by atoms with Crippen molar-refractivity contribution in [2.45, 2.75) is 56.0 Å². The van der Waals surface area contributed by atoms with Crippen molar-refractivity contribution in [2.75, 3.05) is 5.75 Å². The molecular formula is C19H26ClFN2O2S. The zero-order valence-corrected chi connectivity index (χ0v) is 16.5. The lowest BCUT2D eigenvalue weighted by Gasteiger charge is -2.45. The lowest BCUT2D eigenvalue weighted by Crippen LogP contribution is -2.54. The molecule has 2 aliphatic rings. The molecule has 3 N–H and O–H groups in total. The van der Waals surface area contributed by atoms with Crippen molar-refractivity contribution in [3.8, 4) is 0 Å². The largest absolute Gasteiger partial charge is 0.352 e. The second kappa shape index (κ2) is 9.20. The van der Waals surface area contributed by atoms with Crippen LogP contribution in [0.4, 0.5) is 4.39 Å². The highest BCUT2D eigenvalue weighted by Gasteiger charge is 2.39. The van der Waals surface area contributed by atoms with Crippen molar-refractivity contribution < 1.29 is 14.0 Å². The smallest absolute Gasteiger partial charge is 0.230 e. The van der Waals surface area contributed by atoms with Crippen molar-refractivity contribution in [2.24, 2.45) is 17.6 Å². The maximum absolute atomic E-state index is 13.8. The summed E-state index contributed by atoms with van der Waals surface area (Å²) < 4.78 is 13.8. The Balaban J connectivity index is 0.00000243. The Labute approximate surface area is 164 Å². The maximum atomic E-state index is 13.8. The summed E-state index contributed by atoms with van der Waals surface area (Å²) in [7, 11) is 0. The molecule has 2 atom stereocenters. The minimum absolute atomic E-state index is 0. The van der Waals surface area contributed by atoms with Crippen LogP contribution in [0.25, 0.3) is 0 Å². The van der Waals surface area contributed by atoms with E-state index in [-0.39, 0.29) is 47.5 Å². The molecule has 2 fully saturated rings. The van der Waals surface area contributed by atoms with Gasteiger partial charge in [-0.1, -0.05) is 6.42 Å². The van der Waals surface area contributed by atoms with Gasteiger partial charge in [0.05, 0.1) is 11.3 Å². The summed E-state index contributed by atoms with van der Waals surface area (Å²) in [5.41, 5.74) is 6.21. The average Bonchev–Trinajstić information content (AvgIpc) is 2.53. The van der Waals surface area contributed by atoms with Crippen molar-refractivity contribution in [1.29, 1.82) is 0 Å². The number of benzene rings is 1. The number of halogens is 2. The molecule has 4 nitrogen and oxygen atoms in total. The Bertz CT molecular complexity index is 659. The van der Waals surface area contributed by atoms with Crippen LogP contribution in [0, 0.1) is 17.7 Å². The van der Waals surface area contributed by atoms with Gasteiger partial charge in [-0.05, 0) is 62.6 Å². The number of nitrogens with one attached hydrogen (secondary N) is 1. The average molecular weight is 401 g/mol. The van der Waals surface area contributed by atoms with E-state index in [2.05, 4.69) is 5.32 Å². The fourth-order valence-corrected chi connectivity index (χ4v) is 5.00. The van der Waals surface area contributed by atoms with Crippen LogP contribution in [-0.2, 0) is 4.79 Å². The molecule has 3 rings (SSSR count). The van der Waals surface area contributed by atoms with E-state index in [1.165, 1.54) is 37.2 Å². The Kier molecular flexibility index (Phi) is 7.50. The minimum Gasteiger partial charge on any atom is -0.352 e. The van der Waals surface area contributed by atoms with Gasteiger partial charge in [0.1, 0.15) is 5.82 Å². The van der Waals surface area contributed by atoms with E-state index in [0.29, 0.717) is 16.7 Å². The number of fused-ring (bicyclic) bond motifs is 2. The Hall–Kier alpha value is -1.11. The standard InChI is InChI=1S/C19H25FN2O2S.ClH/c1-11(23)16-6-5-15(9-17(16)20)25-10-18(24)22-19-12-3-2-4-13(19)8-14(21)7-12;/h5-6,9,12-14,19H,2-4,7-8,10,21H2,1H3,(H,22,24);1H. The van der Waals surface area contributed by atoms with Gasteiger partial charge >= 0.3 is 0 Å². The van der Waals surface area contributed by atoms with E-state index < -0.39 is 5.82 Å². The second-order valence-corrected chi connectivity index (χ2v) is 8.31. The lowest BCUT2D eigenvalue weighted by molar-refractivity contribution is -0.120. The molecule has 0 spiro atoms. The summed E-state index contributed by atoms with van der Waals surface area (Å²) in [6.07, 6.45) is 5.49. The van der Waals surface area contributed by atoms with E-state index in [9.17, 15) is 14.0 Å². The highest BCUT2D eigenvalue weighted by atomic mass is 35.5. The first kappa shape index (κ1) is 21.2. The highest BCUT2D eigenvalue weighted by molar-refractivity contribution is 8.00. The molecule has 0 aliphatic heterocycles. The van der Waals surface area contributed by atoms with Gasteiger partial charge in [0.25, 0.3) is 0 Å². The van der Waals surface area contributed by atoms with Gasteiger partial charge < -0.3 is 11.1 Å². The first-order chi connectivity index (χ1) is 11.9. The van der Waals surface area contributed by atoms with E-state index in [1.54, 1.807) is 6.07 Å². The molecule has 0 radical (unpaired) electrons. The number of amides is 1. The number of rotatable bonds is 5. The Morgan fingerprint density at radius 3 is 2.50 bits per heavy atom. The number of carbonyl (C=O) groups is 2. The van der Waals surface area contributed by atoms with Crippen LogP contribution in [0.3, 0.4) is 0 Å². The van der Waals surface area contributed by atoms with Crippen LogP contribution in [0.1, 0.15) is 49.4 Å². The summed E-state index contributed by atoms with van der Waals surface area (Å²) in [6, 6.07) is 4.99.